The average molecular weight is 898 g/mol. The lowest BCUT2D eigenvalue weighted by atomic mass is 9.77. The van der Waals surface area contributed by atoms with Gasteiger partial charge in [-0.15, -0.1) is 6.42 Å². The normalized spacial score (nSPS) is 17.6. The van der Waals surface area contributed by atoms with Crippen molar-refractivity contribution in [3.63, 3.8) is 0 Å². The van der Waals surface area contributed by atoms with E-state index >= 15 is 4.39 Å². The molecule has 1 fully saturated rings. The first-order chi connectivity index (χ1) is 32.0. The number of hydrogen-bond acceptors (Lipinski definition) is 10. The van der Waals surface area contributed by atoms with E-state index in [-0.39, 0.29) is 30.0 Å². The van der Waals surface area contributed by atoms with Crippen molar-refractivity contribution in [3.05, 3.63) is 193 Å². The molecular formula is C52H48FN7O5Si. The van der Waals surface area contributed by atoms with Gasteiger partial charge in [-0.25, -0.2) is 19.3 Å². The monoisotopic (exact) mass is 897 g/mol. The number of terminal acetylenes is 1. The van der Waals surface area contributed by atoms with E-state index in [1.165, 1.54) is 29.6 Å². The Labute approximate surface area is 383 Å². The van der Waals surface area contributed by atoms with E-state index in [0.717, 1.165) is 27.1 Å². The van der Waals surface area contributed by atoms with E-state index < -0.39 is 49.0 Å². The molecule has 8 aromatic rings. The Morgan fingerprint density at radius 1 is 0.848 bits per heavy atom. The number of halogens is 1. The molecule has 1 aliphatic heterocycles. The molecule has 1 aliphatic rings. The second-order valence-electron chi connectivity index (χ2n) is 17.1. The zero-order valence-corrected chi connectivity index (χ0v) is 37.9. The number of ether oxygens (including phenoxy) is 3. The quantitative estimate of drug-likeness (QED) is 0.0521. The molecule has 4 heterocycles. The molecule has 0 unspecified atom stereocenters. The minimum Gasteiger partial charge on any atom is -0.497 e. The van der Waals surface area contributed by atoms with Gasteiger partial charge >= 0.3 is 12.2 Å². The van der Waals surface area contributed by atoms with Crippen LogP contribution < -0.4 is 20.4 Å². The van der Waals surface area contributed by atoms with Crippen LogP contribution in [0.4, 0.5) is 15.0 Å². The van der Waals surface area contributed by atoms with Crippen LogP contribution in [-0.4, -0.2) is 68.9 Å². The van der Waals surface area contributed by atoms with E-state index in [4.69, 9.17) is 30.0 Å². The second-order valence-corrected chi connectivity index (χ2v) is 21.4. The highest BCUT2D eigenvalue weighted by atomic mass is 28.4. The van der Waals surface area contributed by atoms with Gasteiger partial charge in [0.05, 0.1) is 20.0 Å². The Morgan fingerprint density at radius 2 is 1.42 bits per heavy atom. The molecule has 66 heavy (non-hydrogen) atoms. The fourth-order valence-electron chi connectivity index (χ4n) is 9.18. The summed E-state index contributed by atoms with van der Waals surface area (Å²) in [6.45, 7) is 6.32. The first-order valence-corrected chi connectivity index (χ1v) is 23.5. The highest BCUT2D eigenvalue weighted by molar-refractivity contribution is 6.99. The summed E-state index contributed by atoms with van der Waals surface area (Å²) >= 11 is 0. The number of nitrogens with zero attached hydrogens (tertiary/aromatic N) is 6. The topological polar surface area (TPSA) is 127 Å². The van der Waals surface area contributed by atoms with Gasteiger partial charge in [-0.05, 0) is 44.2 Å². The number of hydrogen-bond donors (Lipinski definition) is 1. The number of anilines is 1. The maximum atomic E-state index is 16.1. The first kappa shape index (κ1) is 43.8. The molecule has 1 saturated heterocycles. The van der Waals surface area contributed by atoms with E-state index in [2.05, 4.69) is 71.2 Å². The van der Waals surface area contributed by atoms with Gasteiger partial charge in [0, 0.05) is 18.8 Å². The van der Waals surface area contributed by atoms with Crippen molar-refractivity contribution in [2.45, 2.75) is 55.7 Å². The number of methoxy groups -OCH3 is 1. The van der Waals surface area contributed by atoms with Gasteiger partial charge in [0.2, 0.25) is 0 Å². The van der Waals surface area contributed by atoms with Crippen LogP contribution in [-0.2, 0) is 19.4 Å². The lowest BCUT2D eigenvalue weighted by Gasteiger charge is -2.44. The summed E-state index contributed by atoms with van der Waals surface area (Å²) < 4.78 is 45.0. The Balaban J connectivity index is 1.15. The number of rotatable bonds is 13. The Hall–Kier alpha value is -7.44. The molecular weight excluding hydrogens is 850 g/mol. The first-order valence-electron chi connectivity index (χ1n) is 21.5. The fraction of sp³-hybridized carbons (Fsp3) is 0.212. The number of carbonyl (C=O) groups is 1. The molecule has 3 atom stereocenters. The summed E-state index contributed by atoms with van der Waals surface area (Å²) in [5.41, 5.74) is 0.178. The van der Waals surface area contributed by atoms with Crippen molar-refractivity contribution in [1.29, 1.82) is 0 Å². The van der Waals surface area contributed by atoms with Crippen LogP contribution in [0, 0.1) is 18.4 Å². The van der Waals surface area contributed by atoms with E-state index in [1.807, 2.05) is 121 Å². The standard InChI is InChI=1S/C52H48FN7O5Si/c1-6-51(34-63-66(50(2,3)4,41-23-15-9-16-24-41)42-25-17-10-18-26-42)43(64-49(61)59-32-31-54-35-59)33-44(65-51)60-36-55-45-46(56-48(53)57-47(45)60)58-52(37-19-11-7-12-20-37,38-21-13-8-14-22-38)39-27-29-40(62-5)30-28-39/h1,7-32,35-36,43-44H,33-34H2,2-5H3,(H,56,57,58)/t43-,44+,51+/m0/s1. The highest BCUT2D eigenvalue weighted by Crippen LogP contribution is 2.45. The largest absolute Gasteiger partial charge is 0.497 e. The SMILES string of the molecule is C#C[C@]1(CO[Si](c2ccccc2)(c2ccccc2)C(C)(C)C)O[C@@H](n2cnc3c(NC(c4ccccc4)(c4ccccc4)c4ccc(OC)cc4)nc(F)nc32)C[C@@H]1OC(=O)n1ccnc1. The van der Waals surface area contributed by atoms with Gasteiger partial charge in [-0.2, -0.15) is 14.4 Å². The lowest BCUT2D eigenvalue weighted by molar-refractivity contribution is -0.0874. The van der Waals surface area contributed by atoms with Gasteiger partial charge in [0.1, 0.15) is 23.8 Å². The zero-order valence-electron chi connectivity index (χ0n) is 36.9. The molecule has 0 spiro atoms. The van der Waals surface area contributed by atoms with Crippen molar-refractivity contribution in [3.8, 4) is 18.1 Å². The number of fused-ring (bicyclic) bond motifs is 1. The van der Waals surface area contributed by atoms with E-state index in [9.17, 15) is 4.79 Å². The van der Waals surface area contributed by atoms with Gasteiger partial charge in [0.25, 0.3) is 8.32 Å². The van der Waals surface area contributed by atoms with Crippen LogP contribution >= 0.6 is 0 Å². The Morgan fingerprint density at radius 3 is 1.95 bits per heavy atom. The molecule has 332 valence electrons. The maximum absolute atomic E-state index is 16.1. The summed E-state index contributed by atoms with van der Waals surface area (Å²) in [4.78, 5) is 31.2. The molecule has 5 aromatic carbocycles. The molecule has 0 aliphatic carbocycles. The van der Waals surface area contributed by atoms with Crippen molar-refractivity contribution in [1.82, 2.24) is 29.1 Å². The van der Waals surface area contributed by atoms with Gasteiger partial charge < -0.3 is 24.0 Å². The summed E-state index contributed by atoms with van der Waals surface area (Å²) in [7, 11) is -1.58. The molecule has 3 aromatic heterocycles. The van der Waals surface area contributed by atoms with Gasteiger partial charge in [-0.3, -0.25) is 4.57 Å². The predicted molar refractivity (Wildman–Crippen MR) is 252 cm³/mol. The molecule has 0 radical (unpaired) electrons. The minimum atomic E-state index is -3.20. The van der Waals surface area contributed by atoms with Crippen molar-refractivity contribution in [2.75, 3.05) is 19.0 Å². The third-order valence-corrected chi connectivity index (χ3v) is 17.3. The lowest BCUT2D eigenvalue weighted by Crippen LogP contribution is -2.68. The molecule has 9 rings (SSSR count). The summed E-state index contributed by atoms with van der Waals surface area (Å²) in [5.74, 6) is 3.67. The van der Waals surface area contributed by atoms with Crippen LogP contribution in [0.2, 0.25) is 5.04 Å². The zero-order chi connectivity index (χ0) is 45.9. The van der Waals surface area contributed by atoms with Crippen LogP contribution in [0.5, 0.6) is 5.75 Å². The fourth-order valence-corrected chi connectivity index (χ4v) is 13.8. The summed E-state index contributed by atoms with van der Waals surface area (Å²) in [6, 6.07) is 47.6. The van der Waals surface area contributed by atoms with Crippen LogP contribution in [0.15, 0.2) is 171 Å². The molecule has 1 N–H and O–H groups in total. The predicted octanol–water partition coefficient (Wildman–Crippen LogP) is 8.50. The third-order valence-electron chi connectivity index (χ3n) is 12.4. The smallest absolute Gasteiger partial charge is 0.419 e. The summed E-state index contributed by atoms with van der Waals surface area (Å²) in [5, 5.41) is 5.30. The molecule has 12 nitrogen and oxygen atoms in total. The summed E-state index contributed by atoms with van der Waals surface area (Å²) in [6.07, 6.45) is 8.67. The van der Waals surface area contributed by atoms with Crippen molar-refractivity contribution < 1.29 is 27.8 Å². The maximum Gasteiger partial charge on any atom is 0.419 e. The molecule has 0 saturated carbocycles. The van der Waals surface area contributed by atoms with Gasteiger partial charge in [0.15, 0.2) is 28.7 Å². The number of carbonyl (C=O) groups excluding carboxylic acids is 1. The molecule has 14 heteroatoms. The Kier molecular flexibility index (Phi) is 11.8. The van der Waals surface area contributed by atoms with E-state index in [1.54, 1.807) is 11.7 Å². The molecule has 0 amide bonds. The van der Waals surface area contributed by atoms with Crippen molar-refractivity contribution in [2.24, 2.45) is 0 Å². The van der Waals surface area contributed by atoms with Gasteiger partial charge in [-0.1, -0.05) is 160 Å². The number of benzene rings is 5. The van der Waals surface area contributed by atoms with E-state index in [0.29, 0.717) is 5.75 Å². The van der Waals surface area contributed by atoms with Crippen LogP contribution in [0.3, 0.4) is 0 Å². The highest BCUT2D eigenvalue weighted by Gasteiger charge is 2.56. The molecule has 0 bridgehead atoms. The minimum absolute atomic E-state index is 0.0401. The van der Waals surface area contributed by atoms with Crippen LogP contribution in [0.25, 0.3) is 11.2 Å². The number of imidazole rings is 2. The van der Waals surface area contributed by atoms with Crippen LogP contribution in [0.1, 0.15) is 50.1 Å². The number of nitrogens with one attached hydrogen (secondary N) is 1. The third kappa shape index (κ3) is 7.80. The average Bonchev–Trinajstić information content (AvgIpc) is 4.12. The Bertz CT molecular complexity index is 2890. The second kappa shape index (κ2) is 17.9. The number of aromatic nitrogens is 6. The van der Waals surface area contributed by atoms with Crippen molar-refractivity contribution >= 4 is 41.8 Å².